The van der Waals surface area contributed by atoms with E-state index in [-0.39, 0.29) is 0 Å². The van der Waals surface area contributed by atoms with Crippen molar-refractivity contribution in [2.24, 2.45) is 0 Å². The molecule has 11 rings (SSSR count). The van der Waals surface area contributed by atoms with Gasteiger partial charge in [0.25, 0.3) is 0 Å². The van der Waals surface area contributed by atoms with Gasteiger partial charge in [-0.2, -0.15) is 0 Å². The summed E-state index contributed by atoms with van der Waals surface area (Å²) in [5, 5.41) is 15.3. The lowest BCUT2D eigenvalue weighted by atomic mass is 9.86. The molecule has 4 heteroatoms. The predicted molar refractivity (Wildman–Crippen MR) is 216 cm³/mol. The second-order valence-corrected chi connectivity index (χ2v) is 13.5. The third kappa shape index (κ3) is 4.41. The van der Waals surface area contributed by atoms with Gasteiger partial charge in [0.15, 0.2) is 17.5 Å². The van der Waals surface area contributed by atoms with Gasteiger partial charge >= 0.3 is 0 Å². The molecule has 0 saturated carbocycles. The third-order valence-corrected chi connectivity index (χ3v) is 10.5. The van der Waals surface area contributed by atoms with Crippen LogP contribution in [0.15, 0.2) is 170 Å². The number of benzene rings is 8. The van der Waals surface area contributed by atoms with Gasteiger partial charge in [0.05, 0.1) is 0 Å². The smallest absolute Gasteiger partial charge is 0.165 e. The average molecular weight is 661 g/mol. The summed E-state index contributed by atoms with van der Waals surface area (Å²) >= 11 is 0. The van der Waals surface area contributed by atoms with Crippen molar-refractivity contribution in [3.05, 3.63) is 170 Å². The number of fused-ring (bicyclic) bond motifs is 2. The molecule has 0 atom stereocenters. The van der Waals surface area contributed by atoms with E-state index in [4.69, 9.17) is 15.0 Å². The summed E-state index contributed by atoms with van der Waals surface area (Å²) in [6.45, 7) is 0. The minimum absolute atomic E-state index is 0.596. The van der Waals surface area contributed by atoms with Crippen LogP contribution >= 0.6 is 0 Å². The van der Waals surface area contributed by atoms with Crippen LogP contribution in [-0.2, 0) is 0 Å². The lowest BCUT2D eigenvalue weighted by molar-refractivity contribution is 1.07. The highest BCUT2D eigenvalue weighted by Gasteiger charge is 2.17. The molecule has 0 aliphatic rings. The van der Waals surface area contributed by atoms with Crippen LogP contribution in [0.2, 0.25) is 0 Å². The molecule has 0 radical (unpaired) electrons. The van der Waals surface area contributed by atoms with Gasteiger partial charge < -0.3 is 0 Å². The first kappa shape index (κ1) is 28.8. The molecule has 0 spiro atoms. The second kappa shape index (κ2) is 11.2. The number of hydrogen-bond donors (Lipinski definition) is 0. The average Bonchev–Trinajstić information content (AvgIpc) is 3.22. The summed E-state index contributed by atoms with van der Waals surface area (Å²) in [4.78, 5) is 19.0. The normalized spacial score (nSPS) is 11.8. The van der Waals surface area contributed by atoms with Crippen LogP contribution in [0.1, 0.15) is 0 Å². The van der Waals surface area contributed by atoms with Crippen molar-refractivity contribution in [1.29, 1.82) is 0 Å². The maximum Gasteiger partial charge on any atom is 0.165 e. The molecule has 0 amide bonds. The number of hydrogen-bond acceptors (Lipinski definition) is 4. The molecule has 240 valence electrons. The lowest BCUT2D eigenvalue weighted by Crippen LogP contribution is -2.00. The van der Waals surface area contributed by atoms with Crippen LogP contribution < -0.4 is 0 Å². The van der Waals surface area contributed by atoms with E-state index in [0.717, 1.165) is 22.3 Å². The minimum Gasteiger partial charge on any atom is -0.264 e. The lowest BCUT2D eigenvalue weighted by Gasteiger charge is -2.17. The Kier molecular flexibility index (Phi) is 6.22. The third-order valence-electron chi connectivity index (χ3n) is 10.5. The highest BCUT2D eigenvalue weighted by Crippen LogP contribution is 2.44. The number of rotatable bonds is 4. The van der Waals surface area contributed by atoms with Crippen LogP contribution in [0.25, 0.3) is 110 Å². The molecule has 0 aliphatic heterocycles. The molecule has 2 aromatic heterocycles. The Bertz CT molecular complexity index is 3090. The molecule has 2 heterocycles. The Hall–Kier alpha value is -7.04. The second-order valence-electron chi connectivity index (χ2n) is 13.5. The van der Waals surface area contributed by atoms with E-state index in [1.165, 1.54) is 70.2 Å². The van der Waals surface area contributed by atoms with E-state index < -0.39 is 0 Å². The summed E-state index contributed by atoms with van der Waals surface area (Å²) < 4.78 is 0. The number of nitrogens with zero attached hydrogens (tertiary/aromatic N) is 4. The monoisotopic (exact) mass is 660 g/mol. The van der Waals surface area contributed by atoms with Crippen LogP contribution in [0.4, 0.5) is 0 Å². The van der Waals surface area contributed by atoms with E-state index in [1.54, 1.807) is 12.4 Å². The van der Waals surface area contributed by atoms with Gasteiger partial charge in [0, 0.05) is 29.1 Å². The highest BCUT2D eigenvalue weighted by molar-refractivity contribution is 6.37. The Morgan fingerprint density at radius 2 is 0.769 bits per heavy atom. The van der Waals surface area contributed by atoms with Gasteiger partial charge in [0.1, 0.15) is 0 Å². The van der Waals surface area contributed by atoms with Gasteiger partial charge in [-0.05, 0) is 100 Å². The number of pyridine rings is 1. The van der Waals surface area contributed by atoms with Crippen molar-refractivity contribution in [1.82, 2.24) is 19.9 Å². The fraction of sp³-hybridized carbons (Fsp3) is 0. The Balaban J connectivity index is 1.14. The van der Waals surface area contributed by atoms with Crippen molar-refractivity contribution in [3.8, 4) is 45.3 Å². The van der Waals surface area contributed by atoms with Crippen LogP contribution in [0.3, 0.4) is 0 Å². The molecule has 0 saturated heterocycles. The van der Waals surface area contributed by atoms with E-state index in [1.807, 2.05) is 42.5 Å². The zero-order valence-corrected chi connectivity index (χ0v) is 28.0. The summed E-state index contributed by atoms with van der Waals surface area (Å²) in [6, 6.07) is 56.6. The van der Waals surface area contributed by atoms with Crippen molar-refractivity contribution in [2.45, 2.75) is 0 Å². The van der Waals surface area contributed by atoms with E-state index >= 15 is 0 Å². The van der Waals surface area contributed by atoms with Gasteiger partial charge in [-0.15, -0.1) is 0 Å². The van der Waals surface area contributed by atoms with Gasteiger partial charge in [0.2, 0.25) is 0 Å². The standard InChI is InChI=1S/C48H28N4/c1-2-8-33(9-3-1)46-50-47(52-48(51-46)36-13-7-25-49-28-36)34-22-17-29(18-23-34)37-26-35-24-21-32-11-5-15-39-38-14-4-10-30-19-20-31-12-6-16-40(44(31)42(30)38)41(27-37)45(35)43(32)39/h1-28H. The summed E-state index contributed by atoms with van der Waals surface area (Å²) in [5.74, 6) is 1.85. The van der Waals surface area contributed by atoms with Crippen LogP contribution in [0, 0.1) is 0 Å². The Morgan fingerprint density at radius 1 is 0.288 bits per heavy atom. The van der Waals surface area contributed by atoms with Crippen molar-refractivity contribution >= 4 is 64.6 Å². The van der Waals surface area contributed by atoms with Gasteiger partial charge in [-0.3, -0.25) is 4.98 Å². The largest absolute Gasteiger partial charge is 0.264 e. The zero-order chi connectivity index (χ0) is 34.2. The fourth-order valence-electron chi connectivity index (χ4n) is 8.11. The van der Waals surface area contributed by atoms with Crippen LogP contribution in [-0.4, -0.2) is 19.9 Å². The van der Waals surface area contributed by atoms with Crippen molar-refractivity contribution < 1.29 is 0 Å². The molecule has 9 aromatic carbocycles. The fourth-order valence-corrected chi connectivity index (χ4v) is 8.11. The first-order chi connectivity index (χ1) is 25.8. The Morgan fingerprint density at radius 3 is 1.35 bits per heavy atom. The van der Waals surface area contributed by atoms with Gasteiger partial charge in [-0.1, -0.05) is 133 Å². The summed E-state index contributed by atoms with van der Waals surface area (Å²) in [5.41, 5.74) is 5.01. The highest BCUT2D eigenvalue weighted by atomic mass is 15.0. The molecule has 0 N–H and O–H groups in total. The van der Waals surface area contributed by atoms with Crippen molar-refractivity contribution in [3.63, 3.8) is 0 Å². The van der Waals surface area contributed by atoms with Crippen LogP contribution in [0.5, 0.6) is 0 Å². The molecule has 0 bridgehead atoms. The molecule has 0 aliphatic carbocycles. The minimum atomic E-state index is 0.596. The quantitative estimate of drug-likeness (QED) is 0.176. The molecule has 52 heavy (non-hydrogen) atoms. The SMILES string of the molecule is c1ccc(-c2nc(-c3ccc(-c4cc5ccc6cccc7c8cccc9ccc%10cccc(c(c4)c5c67)c%10c98)cc3)nc(-c3cccnc3)n2)cc1. The molecular formula is C48H28N4. The number of aromatic nitrogens is 4. The molecular weight excluding hydrogens is 633 g/mol. The van der Waals surface area contributed by atoms with E-state index in [2.05, 4.69) is 120 Å². The summed E-state index contributed by atoms with van der Waals surface area (Å²) in [7, 11) is 0. The molecule has 11 aromatic rings. The molecule has 4 nitrogen and oxygen atoms in total. The first-order valence-electron chi connectivity index (χ1n) is 17.5. The van der Waals surface area contributed by atoms with E-state index in [0.29, 0.717) is 17.5 Å². The first-order valence-corrected chi connectivity index (χ1v) is 17.5. The zero-order valence-electron chi connectivity index (χ0n) is 28.0. The van der Waals surface area contributed by atoms with Crippen molar-refractivity contribution in [2.75, 3.05) is 0 Å². The maximum atomic E-state index is 4.94. The predicted octanol–water partition coefficient (Wildman–Crippen LogP) is 12.3. The topological polar surface area (TPSA) is 51.6 Å². The van der Waals surface area contributed by atoms with E-state index in [9.17, 15) is 0 Å². The summed E-state index contributed by atoms with van der Waals surface area (Å²) in [6.07, 6.45) is 3.55. The maximum absolute atomic E-state index is 4.94. The molecule has 0 fully saturated rings. The molecule has 0 unspecified atom stereocenters. The Labute approximate surface area is 299 Å². The van der Waals surface area contributed by atoms with Gasteiger partial charge in [-0.25, -0.2) is 15.0 Å².